The van der Waals surface area contributed by atoms with Crippen LogP contribution in [0.25, 0.3) is 10.8 Å². The van der Waals surface area contributed by atoms with Crippen LogP contribution in [0.3, 0.4) is 0 Å². The van der Waals surface area contributed by atoms with Crippen LogP contribution >= 0.6 is 0 Å². The lowest BCUT2D eigenvalue weighted by Gasteiger charge is -2.47. The Kier molecular flexibility index (Phi) is 12.7. The highest BCUT2D eigenvalue weighted by Gasteiger charge is 2.49. The van der Waals surface area contributed by atoms with Gasteiger partial charge in [-0.05, 0) is 50.6 Å². The van der Waals surface area contributed by atoms with Crippen LogP contribution in [0.5, 0.6) is 0 Å². The maximum atomic E-state index is 7.26. The Hall–Kier alpha value is -4.40. The lowest BCUT2D eigenvalue weighted by atomic mass is 9.86. The summed E-state index contributed by atoms with van der Waals surface area (Å²) in [7, 11) is 3.81. The molecule has 0 aliphatic carbocycles. The maximum Gasteiger partial charge on any atom is 0.117 e. The number of aryl methyl sites for hydroxylation is 1. The van der Waals surface area contributed by atoms with E-state index in [0.29, 0.717) is 33.0 Å². The Bertz CT molecular complexity index is 1940. The van der Waals surface area contributed by atoms with E-state index >= 15 is 0 Å². The third-order valence-electron chi connectivity index (χ3n) is 9.64. The van der Waals surface area contributed by atoms with Gasteiger partial charge in [0.25, 0.3) is 0 Å². The minimum absolute atomic E-state index is 0.322. The third kappa shape index (κ3) is 9.14. The van der Waals surface area contributed by atoms with E-state index in [2.05, 4.69) is 95.2 Å². The van der Waals surface area contributed by atoms with Gasteiger partial charge in [0.1, 0.15) is 30.5 Å². The van der Waals surface area contributed by atoms with Crippen molar-refractivity contribution in [2.45, 2.75) is 69.4 Å². The van der Waals surface area contributed by atoms with Crippen molar-refractivity contribution in [1.29, 1.82) is 0 Å². The summed E-state index contributed by atoms with van der Waals surface area (Å²) in [4.78, 5) is 0. The number of rotatable bonds is 16. The molecule has 1 aliphatic heterocycles. The fraction of sp³-hybridized carbons (Fsp3) is 0.261. The van der Waals surface area contributed by atoms with Crippen LogP contribution in [0.1, 0.15) is 39.5 Å². The van der Waals surface area contributed by atoms with Gasteiger partial charge < -0.3 is 23.7 Å². The fourth-order valence-electron chi connectivity index (χ4n) is 7.06. The van der Waals surface area contributed by atoms with Crippen LogP contribution in [-0.2, 0) is 56.5 Å². The van der Waals surface area contributed by atoms with Crippen molar-refractivity contribution >= 4 is 21.0 Å². The molecular weight excluding hydrogens is 661 g/mol. The second kappa shape index (κ2) is 18.4. The predicted molar refractivity (Wildman–Crippen MR) is 207 cm³/mol. The van der Waals surface area contributed by atoms with Gasteiger partial charge in [-0.2, -0.15) is 0 Å². The van der Waals surface area contributed by atoms with Gasteiger partial charge in [-0.15, -0.1) is 0 Å². The van der Waals surface area contributed by atoms with Crippen molar-refractivity contribution in [3.05, 3.63) is 191 Å². The lowest BCUT2D eigenvalue weighted by molar-refractivity contribution is -0.275. The molecule has 6 heteroatoms. The highest BCUT2D eigenvalue weighted by Crippen LogP contribution is 2.41. The van der Waals surface area contributed by atoms with Gasteiger partial charge in [0, 0.05) is 10.2 Å². The average molecular weight is 706 g/mol. The number of ether oxygens (including phenoxy) is 5. The quantitative estimate of drug-likeness (QED) is 0.0940. The van der Waals surface area contributed by atoms with Gasteiger partial charge in [0.15, 0.2) is 0 Å². The molecule has 0 spiro atoms. The molecule has 7 rings (SSSR count). The topological polar surface area (TPSA) is 46.2 Å². The molecule has 0 N–H and O–H groups in total. The lowest BCUT2D eigenvalue weighted by Crippen LogP contribution is -2.58. The molecule has 52 heavy (non-hydrogen) atoms. The Morgan fingerprint density at radius 2 is 0.962 bits per heavy atom. The smallest absolute Gasteiger partial charge is 0.117 e. The number of fused-ring (bicyclic) bond motifs is 1. The summed E-state index contributed by atoms with van der Waals surface area (Å²) in [5.41, 5.74) is 6.67. The van der Waals surface area contributed by atoms with Crippen LogP contribution in [0.2, 0.25) is 6.04 Å². The standard InChI is InChI=1S/C46H45O5Si/c52-28-27-40-39-24-14-13-23-38(39)25-26-41(40)43-45(49-31-36-19-9-3-10-20-36)46(50-32-37-21-11-4-12-22-37)44(48-30-35-17-7-2-8-18-35)42(51-43)33-47-29-34-15-5-1-6-16-34/h1-26,42-46H,27-33H2/t42-,43-,44-,45-,46+/m1/s1. The van der Waals surface area contributed by atoms with Crippen LogP contribution < -0.4 is 0 Å². The van der Waals surface area contributed by atoms with Gasteiger partial charge >= 0.3 is 0 Å². The second-order valence-electron chi connectivity index (χ2n) is 13.2. The van der Waals surface area contributed by atoms with Crippen molar-refractivity contribution < 1.29 is 23.7 Å². The average Bonchev–Trinajstić information content (AvgIpc) is 3.20. The molecule has 3 radical (unpaired) electrons. The first kappa shape index (κ1) is 36.0. The van der Waals surface area contributed by atoms with Crippen molar-refractivity contribution in [3.8, 4) is 0 Å². The summed E-state index contributed by atoms with van der Waals surface area (Å²) in [5.74, 6) is 0. The Balaban J connectivity index is 1.30. The summed E-state index contributed by atoms with van der Waals surface area (Å²) in [5, 5.41) is 2.41. The van der Waals surface area contributed by atoms with E-state index < -0.39 is 30.5 Å². The molecule has 1 fully saturated rings. The van der Waals surface area contributed by atoms with E-state index in [1.807, 2.05) is 72.8 Å². The molecule has 263 valence electrons. The summed E-state index contributed by atoms with van der Waals surface area (Å²) in [6, 6.07) is 54.8. The molecule has 0 bridgehead atoms. The molecule has 1 heterocycles. The summed E-state index contributed by atoms with van der Waals surface area (Å²) < 4.78 is 34.6. The van der Waals surface area contributed by atoms with E-state index in [4.69, 9.17) is 23.7 Å². The number of benzene rings is 6. The molecular formula is C46H45O5Si. The minimum Gasteiger partial charge on any atom is -0.374 e. The van der Waals surface area contributed by atoms with Gasteiger partial charge in [-0.3, -0.25) is 0 Å². The normalized spacial score (nSPS) is 20.2. The number of hydrogen-bond acceptors (Lipinski definition) is 5. The molecule has 5 atom stereocenters. The zero-order valence-corrected chi connectivity index (χ0v) is 30.4. The highest BCUT2D eigenvalue weighted by molar-refractivity contribution is 6.08. The van der Waals surface area contributed by atoms with Crippen LogP contribution in [-0.4, -0.2) is 41.3 Å². The van der Waals surface area contributed by atoms with Gasteiger partial charge in [-0.25, -0.2) is 0 Å². The first-order valence-corrected chi connectivity index (χ1v) is 18.9. The first-order valence-electron chi connectivity index (χ1n) is 18.2. The van der Waals surface area contributed by atoms with Gasteiger partial charge in [0.05, 0.1) is 33.0 Å². The molecule has 0 saturated carbocycles. The van der Waals surface area contributed by atoms with Gasteiger partial charge in [0.2, 0.25) is 0 Å². The Labute approximate surface area is 310 Å². The molecule has 6 aromatic rings. The van der Waals surface area contributed by atoms with Crippen LogP contribution in [0, 0.1) is 0 Å². The van der Waals surface area contributed by atoms with Gasteiger partial charge in [-0.1, -0.05) is 164 Å². The van der Waals surface area contributed by atoms with Crippen LogP contribution in [0.15, 0.2) is 158 Å². The first-order chi connectivity index (χ1) is 25.8. The minimum atomic E-state index is -0.496. The monoisotopic (exact) mass is 705 g/mol. The largest absolute Gasteiger partial charge is 0.374 e. The van der Waals surface area contributed by atoms with Crippen molar-refractivity contribution in [2.75, 3.05) is 6.61 Å². The molecule has 5 nitrogen and oxygen atoms in total. The van der Waals surface area contributed by atoms with Crippen molar-refractivity contribution in [2.24, 2.45) is 0 Å². The molecule has 1 saturated heterocycles. The molecule has 6 aromatic carbocycles. The van der Waals surface area contributed by atoms with E-state index in [0.717, 1.165) is 40.3 Å². The summed E-state index contributed by atoms with van der Waals surface area (Å²) in [6.45, 7) is 1.99. The fourth-order valence-corrected chi connectivity index (χ4v) is 7.31. The zero-order valence-electron chi connectivity index (χ0n) is 29.4. The Morgan fingerprint density at radius 1 is 0.481 bits per heavy atom. The SMILES string of the molecule is [Si]CCc1c([C@H]2O[C@H](COCc3ccccc3)[C@@H](OCc3ccccc3)[C@H](OCc3ccccc3)[C@@H]2OCc2ccccc2)ccc2ccccc12. The maximum absolute atomic E-state index is 7.26. The van der Waals surface area contributed by atoms with Crippen molar-refractivity contribution in [1.82, 2.24) is 0 Å². The Morgan fingerprint density at radius 3 is 1.52 bits per heavy atom. The van der Waals surface area contributed by atoms with E-state index in [1.165, 1.54) is 16.3 Å². The predicted octanol–water partition coefficient (Wildman–Crippen LogP) is 9.38. The highest BCUT2D eigenvalue weighted by atomic mass is 28.1. The second-order valence-corrected chi connectivity index (χ2v) is 13.7. The van der Waals surface area contributed by atoms with E-state index in [1.54, 1.807) is 0 Å². The zero-order chi connectivity index (χ0) is 35.4. The summed E-state index contributed by atoms with van der Waals surface area (Å²) in [6.07, 6.45) is -1.54. The van der Waals surface area contributed by atoms with E-state index in [9.17, 15) is 0 Å². The molecule has 0 amide bonds. The third-order valence-corrected chi connectivity index (χ3v) is 9.89. The van der Waals surface area contributed by atoms with E-state index in [-0.39, 0.29) is 0 Å². The summed E-state index contributed by atoms with van der Waals surface area (Å²) >= 11 is 0. The molecule has 1 aliphatic rings. The van der Waals surface area contributed by atoms with Crippen LogP contribution in [0.4, 0.5) is 0 Å². The molecule has 0 unspecified atom stereocenters. The number of hydrogen-bond donors (Lipinski definition) is 0. The van der Waals surface area contributed by atoms with Crippen molar-refractivity contribution in [3.63, 3.8) is 0 Å². The molecule has 0 aromatic heterocycles.